The highest BCUT2D eigenvalue weighted by atomic mass is 79.9. The fourth-order valence-electron chi connectivity index (χ4n) is 1.73. The average molecular weight is 265 g/mol. The van der Waals surface area contributed by atoms with E-state index >= 15 is 0 Å². The summed E-state index contributed by atoms with van der Waals surface area (Å²) in [6.45, 7) is 6.37. The third-order valence-electron chi connectivity index (χ3n) is 2.48. The number of para-hydroxylation sites is 1. The van der Waals surface area contributed by atoms with Crippen molar-refractivity contribution in [3.8, 4) is 0 Å². The van der Waals surface area contributed by atoms with E-state index in [1.165, 1.54) is 5.56 Å². The summed E-state index contributed by atoms with van der Waals surface area (Å²) in [4.78, 5) is 8.87. The van der Waals surface area contributed by atoms with Crippen molar-refractivity contribution in [2.45, 2.75) is 26.7 Å². The first-order valence-corrected chi connectivity index (χ1v) is 5.81. The Morgan fingerprint density at radius 3 is 2.60 bits per heavy atom. The quantitative estimate of drug-likeness (QED) is 0.732. The predicted molar refractivity (Wildman–Crippen MR) is 66.1 cm³/mol. The van der Waals surface area contributed by atoms with Gasteiger partial charge >= 0.3 is 0 Å². The third kappa shape index (κ3) is 1.88. The Kier molecular flexibility index (Phi) is 2.74. The first kappa shape index (κ1) is 10.6. The molecular weight excluding hydrogens is 252 g/mol. The fraction of sp³-hybridized carbons (Fsp3) is 0.333. The van der Waals surface area contributed by atoms with Crippen molar-refractivity contribution in [3.05, 3.63) is 34.2 Å². The molecule has 0 bridgehead atoms. The molecule has 2 aromatic rings. The SMILES string of the molecule is Cc1cccc2c(C(C)C)nc(Br)nc12. The normalized spacial score (nSPS) is 11.3. The van der Waals surface area contributed by atoms with Crippen molar-refractivity contribution in [1.82, 2.24) is 9.97 Å². The first-order valence-electron chi connectivity index (χ1n) is 5.02. The van der Waals surface area contributed by atoms with Crippen molar-refractivity contribution in [1.29, 1.82) is 0 Å². The highest BCUT2D eigenvalue weighted by molar-refractivity contribution is 9.10. The first-order chi connectivity index (χ1) is 7.09. The van der Waals surface area contributed by atoms with E-state index in [0.717, 1.165) is 16.6 Å². The van der Waals surface area contributed by atoms with E-state index in [0.29, 0.717) is 10.7 Å². The van der Waals surface area contributed by atoms with Crippen LogP contribution < -0.4 is 0 Å². The molecule has 0 aliphatic heterocycles. The maximum absolute atomic E-state index is 4.45. The monoisotopic (exact) mass is 264 g/mol. The number of aromatic nitrogens is 2. The van der Waals surface area contributed by atoms with Gasteiger partial charge in [-0.05, 0) is 34.3 Å². The van der Waals surface area contributed by atoms with Crippen LogP contribution in [0, 0.1) is 6.92 Å². The lowest BCUT2D eigenvalue weighted by Gasteiger charge is -2.10. The molecule has 0 aliphatic rings. The van der Waals surface area contributed by atoms with E-state index in [1.807, 2.05) is 0 Å². The summed E-state index contributed by atoms with van der Waals surface area (Å²) in [6, 6.07) is 6.22. The number of hydrogen-bond donors (Lipinski definition) is 0. The van der Waals surface area contributed by atoms with Crippen LogP contribution in [0.4, 0.5) is 0 Å². The maximum Gasteiger partial charge on any atom is 0.197 e. The van der Waals surface area contributed by atoms with Crippen molar-refractivity contribution >= 4 is 26.8 Å². The van der Waals surface area contributed by atoms with Gasteiger partial charge in [0, 0.05) is 5.39 Å². The van der Waals surface area contributed by atoms with E-state index in [2.05, 4.69) is 64.9 Å². The molecule has 0 N–H and O–H groups in total. The number of benzene rings is 1. The van der Waals surface area contributed by atoms with Gasteiger partial charge in [-0.3, -0.25) is 0 Å². The molecule has 0 unspecified atom stereocenters. The van der Waals surface area contributed by atoms with Crippen LogP contribution in [-0.4, -0.2) is 9.97 Å². The van der Waals surface area contributed by atoms with Crippen molar-refractivity contribution in [2.24, 2.45) is 0 Å². The van der Waals surface area contributed by atoms with Gasteiger partial charge in [-0.15, -0.1) is 0 Å². The predicted octanol–water partition coefficient (Wildman–Crippen LogP) is 3.82. The second-order valence-electron chi connectivity index (χ2n) is 4.00. The molecule has 3 heteroatoms. The van der Waals surface area contributed by atoms with Gasteiger partial charge in [0.15, 0.2) is 4.73 Å². The minimum Gasteiger partial charge on any atom is -0.226 e. The zero-order chi connectivity index (χ0) is 11.0. The van der Waals surface area contributed by atoms with Gasteiger partial charge in [-0.2, -0.15) is 0 Å². The molecule has 0 atom stereocenters. The van der Waals surface area contributed by atoms with E-state index < -0.39 is 0 Å². The molecule has 1 aromatic heterocycles. The van der Waals surface area contributed by atoms with Gasteiger partial charge in [0.2, 0.25) is 0 Å². The van der Waals surface area contributed by atoms with E-state index in [-0.39, 0.29) is 0 Å². The molecule has 2 nitrogen and oxygen atoms in total. The summed E-state index contributed by atoms with van der Waals surface area (Å²) in [7, 11) is 0. The molecular formula is C12H13BrN2. The van der Waals surface area contributed by atoms with Gasteiger partial charge < -0.3 is 0 Å². The second-order valence-corrected chi connectivity index (χ2v) is 4.71. The average Bonchev–Trinajstić information content (AvgIpc) is 2.18. The molecule has 0 saturated carbocycles. The standard InChI is InChI=1S/C12H13BrN2/c1-7(2)10-9-6-4-5-8(3)11(9)15-12(13)14-10/h4-7H,1-3H3. The molecule has 0 radical (unpaired) electrons. The Morgan fingerprint density at radius 2 is 1.93 bits per heavy atom. The molecule has 15 heavy (non-hydrogen) atoms. The highest BCUT2D eigenvalue weighted by Crippen LogP contribution is 2.25. The van der Waals surface area contributed by atoms with Gasteiger partial charge in [0.25, 0.3) is 0 Å². The summed E-state index contributed by atoms with van der Waals surface area (Å²) in [5, 5.41) is 1.16. The van der Waals surface area contributed by atoms with Gasteiger partial charge in [0.1, 0.15) is 0 Å². The van der Waals surface area contributed by atoms with Crippen LogP contribution in [0.5, 0.6) is 0 Å². The number of rotatable bonds is 1. The maximum atomic E-state index is 4.45. The van der Waals surface area contributed by atoms with Crippen LogP contribution in [0.3, 0.4) is 0 Å². The summed E-state index contributed by atoms with van der Waals surface area (Å²) >= 11 is 3.36. The van der Waals surface area contributed by atoms with E-state index in [4.69, 9.17) is 0 Å². The molecule has 0 amide bonds. The van der Waals surface area contributed by atoms with Crippen molar-refractivity contribution in [2.75, 3.05) is 0 Å². The van der Waals surface area contributed by atoms with E-state index in [9.17, 15) is 0 Å². The number of hydrogen-bond acceptors (Lipinski definition) is 2. The number of fused-ring (bicyclic) bond motifs is 1. The van der Waals surface area contributed by atoms with E-state index in [1.54, 1.807) is 0 Å². The van der Waals surface area contributed by atoms with Crippen LogP contribution in [0.2, 0.25) is 0 Å². The molecule has 1 heterocycles. The Bertz CT molecular complexity index is 506. The van der Waals surface area contributed by atoms with Gasteiger partial charge in [-0.25, -0.2) is 9.97 Å². The van der Waals surface area contributed by atoms with Crippen LogP contribution in [0.15, 0.2) is 22.9 Å². The molecule has 0 spiro atoms. The number of aryl methyl sites for hydroxylation is 1. The van der Waals surface area contributed by atoms with Crippen LogP contribution in [-0.2, 0) is 0 Å². The smallest absolute Gasteiger partial charge is 0.197 e. The second kappa shape index (κ2) is 3.89. The largest absolute Gasteiger partial charge is 0.226 e. The lowest BCUT2D eigenvalue weighted by atomic mass is 10.0. The van der Waals surface area contributed by atoms with Gasteiger partial charge in [-0.1, -0.05) is 32.0 Å². The Hall–Kier alpha value is -0.960. The number of nitrogens with zero attached hydrogens (tertiary/aromatic N) is 2. The van der Waals surface area contributed by atoms with Gasteiger partial charge in [0.05, 0.1) is 11.2 Å². The minimum atomic E-state index is 0.411. The summed E-state index contributed by atoms with van der Waals surface area (Å²) in [6.07, 6.45) is 0. The highest BCUT2D eigenvalue weighted by Gasteiger charge is 2.10. The number of halogens is 1. The lowest BCUT2D eigenvalue weighted by molar-refractivity contribution is 0.822. The Balaban J connectivity index is 2.86. The third-order valence-corrected chi connectivity index (χ3v) is 2.83. The molecule has 0 fully saturated rings. The summed E-state index contributed by atoms with van der Waals surface area (Å²) < 4.78 is 0.674. The minimum absolute atomic E-state index is 0.411. The van der Waals surface area contributed by atoms with Crippen molar-refractivity contribution in [3.63, 3.8) is 0 Å². The molecule has 1 aromatic carbocycles. The summed E-state index contributed by atoms with van der Waals surface area (Å²) in [5.74, 6) is 0.411. The van der Waals surface area contributed by atoms with Crippen LogP contribution >= 0.6 is 15.9 Å². The Morgan fingerprint density at radius 1 is 1.20 bits per heavy atom. The lowest BCUT2D eigenvalue weighted by Crippen LogP contribution is -1.98. The molecule has 0 saturated heterocycles. The van der Waals surface area contributed by atoms with Crippen molar-refractivity contribution < 1.29 is 0 Å². The fourth-order valence-corrected chi connectivity index (χ4v) is 2.10. The summed E-state index contributed by atoms with van der Waals surface area (Å²) in [5.41, 5.74) is 3.34. The van der Waals surface area contributed by atoms with Crippen LogP contribution in [0.1, 0.15) is 31.0 Å². The molecule has 0 aliphatic carbocycles. The topological polar surface area (TPSA) is 25.8 Å². The zero-order valence-electron chi connectivity index (χ0n) is 9.08. The zero-order valence-corrected chi connectivity index (χ0v) is 10.7. The molecule has 78 valence electrons. The Labute approximate surface area is 97.9 Å². The molecule has 2 rings (SSSR count). The van der Waals surface area contributed by atoms with Crippen LogP contribution in [0.25, 0.3) is 10.9 Å².